The molecule has 2 aromatic rings. The normalized spacial score (nSPS) is 10.7. The largest absolute Gasteiger partial charge is 0.369 e. The lowest BCUT2D eigenvalue weighted by atomic mass is 10.0. The van der Waals surface area contributed by atoms with Crippen molar-refractivity contribution in [1.82, 2.24) is 4.98 Å². The molecule has 0 bridgehead atoms. The summed E-state index contributed by atoms with van der Waals surface area (Å²) in [5.74, 6) is 1.18. The van der Waals surface area contributed by atoms with E-state index in [0.717, 1.165) is 18.5 Å². The summed E-state index contributed by atoms with van der Waals surface area (Å²) in [5.41, 5.74) is 2.52. The topological polar surface area (TPSA) is 42.0 Å². The van der Waals surface area contributed by atoms with Crippen LogP contribution in [0.15, 0.2) is 42.6 Å². The Bertz CT molecular complexity index is 620. The number of hydrogen-bond donors (Lipinski definition) is 1. The van der Waals surface area contributed by atoms with Gasteiger partial charge in [-0.3, -0.25) is 4.79 Å². The molecule has 1 aromatic carbocycles. The number of benzene rings is 1. The van der Waals surface area contributed by atoms with Crippen LogP contribution in [-0.2, 0) is 6.42 Å². The Morgan fingerprint density at radius 1 is 1.24 bits per heavy atom. The molecular formula is C18H22N2O. The van der Waals surface area contributed by atoms with Crippen LogP contribution in [0.1, 0.15) is 42.3 Å². The van der Waals surface area contributed by atoms with E-state index in [1.807, 2.05) is 30.3 Å². The zero-order valence-corrected chi connectivity index (χ0v) is 12.9. The van der Waals surface area contributed by atoms with Gasteiger partial charge in [-0.15, -0.1) is 0 Å². The van der Waals surface area contributed by atoms with Gasteiger partial charge in [0.25, 0.3) is 0 Å². The zero-order chi connectivity index (χ0) is 15.2. The van der Waals surface area contributed by atoms with E-state index in [1.165, 1.54) is 5.56 Å². The Morgan fingerprint density at radius 2 is 2.05 bits per heavy atom. The Morgan fingerprint density at radius 3 is 2.76 bits per heavy atom. The standard InChI is InChI=1S/C18H22N2O/c1-4-14-7-5-8-15(11-14)17(21)16-9-6-10-19-18(16)20-12-13(2)3/h5-11,13H,4,12H2,1-3H3,(H,19,20). The van der Waals surface area contributed by atoms with E-state index in [1.54, 1.807) is 12.3 Å². The third kappa shape index (κ3) is 3.91. The molecule has 0 aliphatic carbocycles. The van der Waals surface area contributed by atoms with E-state index in [9.17, 15) is 4.79 Å². The van der Waals surface area contributed by atoms with Gasteiger partial charge in [0.15, 0.2) is 5.78 Å². The van der Waals surface area contributed by atoms with Crippen molar-refractivity contribution < 1.29 is 4.79 Å². The Labute approximate surface area is 126 Å². The second-order valence-electron chi connectivity index (χ2n) is 5.56. The van der Waals surface area contributed by atoms with E-state index >= 15 is 0 Å². The van der Waals surface area contributed by atoms with Gasteiger partial charge in [0.2, 0.25) is 0 Å². The molecule has 110 valence electrons. The molecule has 0 aliphatic rings. The van der Waals surface area contributed by atoms with Crippen LogP contribution in [0.25, 0.3) is 0 Å². The third-order valence-electron chi connectivity index (χ3n) is 3.33. The number of ketones is 1. The molecule has 0 unspecified atom stereocenters. The monoisotopic (exact) mass is 282 g/mol. The van der Waals surface area contributed by atoms with Crippen molar-refractivity contribution >= 4 is 11.6 Å². The lowest BCUT2D eigenvalue weighted by molar-refractivity contribution is 0.103. The minimum absolute atomic E-state index is 0.0182. The van der Waals surface area contributed by atoms with Crippen LogP contribution in [-0.4, -0.2) is 17.3 Å². The van der Waals surface area contributed by atoms with Gasteiger partial charge < -0.3 is 5.32 Å². The summed E-state index contributed by atoms with van der Waals surface area (Å²) in [6, 6.07) is 11.4. The van der Waals surface area contributed by atoms with Crippen molar-refractivity contribution in [2.75, 3.05) is 11.9 Å². The van der Waals surface area contributed by atoms with Gasteiger partial charge in [0.1, 0.15) is 5.82 Å². The molecule has 0 fully saturated rings. The van der Waals surface area contributed by atoms with Crippen LogP contribution in [0, 0.1) is 5.92 Å². The average molecular weight is 282 g/mol. The first-order valence-electron chi connectivity index (χ1n) is 7.44. The maximum atomic E-state index is 12.7. The van der Waals surface area contributed by atoms with Crippen LogP contribution in [0.3, 0.4) is 0 Å². The van der Waals surface area contributed by atoms with Gasteiger partial charge in [-0.25, -0.2) is 4.98 Å². The summed E-state index contributed by atoms with van der Waals surface area (Å²) < 4.78 is 0. The van der Waals surface area contributed by atoms with Crippen LogP contribution in [0.4, 0.5) is 5.82 Å². The lowest BCUT2D eigenvalue weighted by Crippen LogP contribution is -2.13. The maximum absolute atomic E-state index is 12.7. The maximum Gasteiger partial charge on any atom is 0.196 e. The predicted octanol–water partition coefficient (Wildman–Crippen LogP) is 3.94. The fraction of sp³-hybridized carbons (Fsp3) is 0.333. The number of hydrogen-bond acceptors (Lipinski definition) is 3. The molecule has 0 atom stereocenters. The summed E-state index contributed by atoms with van der Waals surface area (Å²) in [6.45, 7) is 7.14. The average Bonchev–Trinajstić information content (AvgIpc) is 2.52. The number of carbonyl (C=O) groups is 1. The van der Waals surface area contributed by atoms with E-state index in [2.05, 4.69) is 31.1 Å². The SMILES string of the molecule is CCc1cccc(C(=O)c2cccnc2NCC(C)C)c1. The van der Waals surface area contributed by atoms with Crippen LogP contribution >= 0.6 is 0 Å². The summed E-state index contributed by atoms with van der Waals surface area (Å²) in [5, 5.41) is 3.26. The highest BCUT2D eigenvalue weighted by Gasteiger charge is 2.14. The predicted molar refractivity (Wildman–Crippen MR) is 86.8 cm³/mol. The quantitative estimate of drug-likeness (QED) is 0.816. The number of nitrogens with one attached hydrogen (secondary N) is 1. The van der Waals surface area contributed by atoms with Crippen molar-refractivity contribution in [3.63, 3.8) is 0 Å². The van der Waals surface area contributed by atoms with Crippen molar-refractivity contribution in [3.05, 3.63) is 59.3 Å². The molecular weight excluding hydrogens is 260 g/mol. The molecule has 1 heterocycles. The van der Waals surface area contributed by atoms with E-state index in [0.29, 0.717) is 17.3 Å². The minimum atomic E-state index is 0.0182. The van der Waals surface area contributed by atoms with Crippen molar-refractivity contribution in [1.29, 1.82) is 0 Å². The zero-order valence-electron chi connectivity index (χ0n) is 12.9. The number of rotatable bonds is 6. The van der Waals surface area contributed by atoms with Crippen molar-refractivity contribution in [2.45, 2.75) is 27.2 Å². The first kappa shape index (κ1) is 15.2. The lowest BCUT2D eigenvalue weighted by Gasteiger charge is -2.12. The highest BCUT2D eigenvalue weighted by Crippen LogP contribution is 2.18. The van der Waals surface area contributed by atoms with Gasteiger partial charge >= 0.3 is 0 Å². The molecule has 3 nitrogen and oxygen atoms in total. The molecule has 1 aromatic heterocycles. The molecule has 0 aliphatic heterocycles. The van der Waals surface area contributed by atoms with Crippen LogP contribution < -0.4 is 5.32 Å². The van der Waals surface area contributed by atoms with E-state index < -0.39 is 0 Å². The highest BCUT2D eigenvalue weighted by molar-refractivity contribution is 6.11. The van der Waals surface area contributed by atoms with Gasteiger partial charge in [-0.05, 0) is 36.1 Å². The van der Waals surface area contributed by atoms with Crippen molar-refractivity contribution in [3.8, 4) is 0 Å². The van der Waals surface area contributed by atoms with Gasteiger partial charge in [0.05, 0.1) is 5.56 Å². The molecule has 0 radical (unpaired) electrons. The summed E-state index contributed by atoms with van der Waals surface area (Å²) in [4.78, 5) is 17.0. The van der Waals surface area contributed by atoms with E-state index in [-0.39, 0.29) is 5.78 Å². The minimum Gasteiger partial charge on any atom is -0.369 e. The second-order valence-corrected chi connectivity index (χ2v) is 5.56. The molecule has 0 amide bonds. The van der Waals surface area contributed by atoms with Gasteiger partial charge in [0, 0.05) is 18.3 Å². The fourth-order valence-electron chi connectivity index (χ4n) is 2.12. The van der Waals surface area contributed by atoms with E-state index in [4.69, 9.17) is 0 Å². The van der Waals surface area contributed by atoms with Crippen LogP contribution in [0.2, 0.25) is 0 Å². The molecule has 0 saturated heterocycles. The first-order valence-corrected chi connectivity index (χ1v) is 7.44. The number of aromatic nitrogens is 1. The van der Waals surface area contributed by atoms with Crippen LogP contribution in [0.5, 0.6) is 0 Å². The number of nitrogens with zero attached hydrogens (tertiary/aromatic N) is 1. The molecule has 3 heteroatoms. The smallest absolute Gasteiger partial charge is 0.196 e. The molecule has 2 rings (SSSR count). The summed E-state index contributed by atoms with van der Waals surface area (Å²) in [7, 11) is 0. The molecule has 0 saturated carbocycles. The fourth-order valence-corrected chi connectivity index (χ4v) is 2.12. The highest BCUT2D eigenvalue weighted by atomic mass is 16.1. The van der Waals surface area contributed by atoms with Gasteiger partial charge in [-0.1, -0.05) is 39.0 Å². The number of anilines is 1. The second kappa shape index (κ2) is 7.02. The number of pyridine rings is 1. The Hall–Kier alpha value is -2.16. The van der Waals surface area contributed by atoms with Gasteiger partial charge in [-0.2, -0.15) is 0 Å². The Kier molecular flexibility index (Phi) is 5.09. The summed E-state index contributed by atoms with van der Waals surface area (Å²) >= 11 is 0. The number of aryl methyl sites for hydroxylation is 1. The summed E-state index contributed by atoms with van der Waals surface area (Å²) in [6.07, 6.45) is 2.63. The first-order chi connectivity index (χ1) is 10.1. The molecule has 0 spiro atoms. The third-order valence-corrected chi connectivity index (χ3v) is 3.33. The van der Waals surface area contributed by atoms with Crippen molar-refractivity contribution in [2.24, 2.45) is 5.92 Å². The molecule has 1 N–H and O–H groups in total. The molecule has 21 heavy (non-hydrogen) atoms. The number of carbonyl (C=O) groups excluding carboxylic acids is 1. The Balaban J connectivity index is 2.30.